The molecule has 4 rings (SSSR count). The summed E-state index contributed by atoms with van der Waals surface area (Å²) in [6, 6.07) is 13.3. The second-order valence-corrected chi connectivity index (χ2v) is 7.98. The maximum absolute atomic E-state index is 12.7. The summed E-state index contributed by atoms with van der Waals surface area (Å²) in [5.41, 5.74) is 1.78. The Balaban J connectivity index is 1.28. The Morgan fingerprint density at radius 1 is 1.06 bits per heavy atom. The van der Waals surface area contributed by atoms with E-state index in [-0.39, 0.29) is 5.91 Å². The van der Waals surface area contributed by atoms with Crippen LogP contribution in [0.3, 0.4) is 0 Å². The summed E-state index contributed by atoms with van der Waals surface area (Å²) in [6.07, 6.45) is 0.612. The number of aliphatic hydroxyl groups is 1. The lowest BCUT2D eigenvalue weighted by molar-refractivity contribution is -0.132. The molecule has 1 atom stereocenters. The molecule has 0 spiro atoms. The van der Waals surface area contributed by atoms with E-state index in [0.29, 0.717) is 45.0 Å². The summed E-state index contributed by atoms with van der Waals surface area (Å²) < 4.78 is 16.6. The Morgan fingerprint density at radius 2 is 1.84 bits per heavy atom. The molecule has 0 bridgehead atoms. The van der Waals surface area contributed by atoms with Crippen molar-refractivity contribution in [1.29, 1.82) is 0 Å². The van der Waals surface area contributed by atoms with Crippen LogP contribution in [-0.2, 0) is 11.2 Å². The highest BCUT2D eigenvalue weighted by Crippen LogP contribution is 2.32. The summed E-state index contributed by atoms with van der Waals surface area (Å²) in [5, 5.41) is 10.7. The molecular weight excluding hydrogens is 396 g/mol. The lowest BCUT2D eigenvalue weighted by Crippen LogP contribution is -2.50. The zero-order chi connectivity index (χ0) is 21.6. The van der Waals surface area contributed by atoms with Crippen molar-refractivity contribution < 1.29 is 24.1 Å². The third-order valence-electron chi connectivity index (χ3n) is 5.80. The third kappa shape index (κ3) is 5.48. The first-order chi connectivity index (χ1) is 15.1. The summed E-state index contributed by atoms with van der Waals surface area (Å²) in [6.45, 7) is 4.61. The molecule has 1 N–H and O–H groups in total. The van der Waals surface area contributed by atoms with Gasteiger partial charge in [-0.25, -0.2) is 0 Å². The van der Waals surface area contributed by atoms with Crippen molar-refractivity contribution in [3.63, 3.8) is 0 Å². The molecule has 1 amide bonds. The number of carbonyl (C=O) groups excluding carboxylic acids is 1. The first-order valence-electron chi connectivity index (χ1n) is 10.8. The Bertz CT molecular complexity index is 895. The zero-order valence-electron chi connectivity index (χ0n) is 18.0. The number of amides is 1. The fraction of sp³-hybridized carbons (Fsp3) is 0.458. The van der Waals surface area contributed by atoms with Crippen LogP contribution >= 0.6 is 0 Å². The molecule has 2 aromatic carbocycles. The molecule has 1 saturated heterocycles. The molecule has 2 aromatic rings. The number of rotatable bonds is 6. The normalized spacial score (nSPS) is 17.7. The maximum Gasteiger partial charge on any atom is 0.227 e. The summed E-state index contributed by atoms with van der Waals surface area (Å²) in [5.74, 6) is 2.31. The standard InChI is InChI=1S/C24H30N2O5/c1-29-20-5-2-4-18(14-20)15-24(28)26-10-8-25(9-11-26)17-21(27)19-6-7-22-23(16-19)31-13-3-12-30-22/h2,4-7,14,16,21,27H,3,8-13,15,17H2,1H3. The molecule has 1 fully saturated rings. The van der Waals surface area contributed by atoms with E-state index >= 15 is 0 Å². The van der Waals surface area contributed by atoms with Crippen molar-refractivity contribution in [2.24, 2.45) is 0 Å². The molecule has 0 aliphatic carbocycles. The van der Waals surface area contributed by atoms with Crippen LogP contribution in [0.4, 0.5) is 0 Å². The van der Waals surface area contributed by atoms with Crippen molar-refractivity contribution >= 4 is 5.91 Å². The molecule has 2 heterocycles. The van der Waals surface area contributed by atoms with Gasteiger partial charge in [0.15, 0.2) is 11.5 Å². The molecule has 7 heteroatoms. The predicted octanol–water partition coefficient (Wildman–Crippen LogP) is 2.28. The number of piperazine rings is 1. The fourth-order valence-corrected chi connectivity index (χ4v) is 3.99. The number of methoxy groups -OCH3 is 1. The van der Waals surface area contributed by atoms with Gasteiger partial charge in [0.25, 0.3) is 0 Å². The molecular formula is C24H30N2O5. The van der Waals surface area contributed by atoms with Crippen molar-refractivity contribution in [2.45, 2.75) is 18.9 Å². The van der Waals surface area contributed by atoms with Gasteiger partial charge in [0.1, 0.15) is 5.75 Å². The molecule has 0 aromatic heterocycles. The quantitative estimate of drug-likeness (QED) is 0.764. The monoisotopic (exact) mass is 426 g/mol. The molecule has 0 radical (unpaired) electrons. The topological polar surface area (TPSA) is 71.5 Å². The molecule has 2 aliphatic rings. The van der Waals surface area contributed by atoms with Crippen molar-refractivity contribution in [3.8, 4) is 17.2 Å². The smallest absolute Gasteiger partial charge is 0.227 e. The van der Waals surface area contributed by atoms with E-state index in [9.17, 15) is 9.90 Å². The minimum atomic E-state index is -0.615. The van der Waals surface area contributed by atoms with Crippen LogP contribution in [0.2, 0.25) is 0 Å². The number of aliphatic hydroxyl groups excluding tert-OH is 1. The molecule has 31 heavy (non-hydrogen) atoms. The van der Waals surface area contributed by atoms with Gasteiger partial charge in [-0.15, -0.1) is 0 Å². The summed E-state index contributed by atoms with van der Waals surface area (Å²) >= 11 is 0. The van der Waals surface area contributed by atoms with Crippen LogP contribution in [0.15, 0.2) is 42.5 Å². The van der Waals surface area contributed by atoms with E-state index in [2.05, 4.69) is 4.90 Å². The number of carbonyl (C=O) groups is 1. The summed E-state index contributed by atoms with van der Waals surface area (Å²) in [4.78, 5) is 16.8. The van der Waals surface area contributed by atoms with E-state index in [4.69, 9.17) is 14.2 Å². The van der Waals surface area contributed by atoms with Crippen LogP contribution in [0.25, 0.3) is 0 Å². The highest BCUT2D eigenvalue weighted by Gasteiger charge is 2.24. The van der Waals surface area contributed by atoms with Gasteiger partial charge in [-0.3, -0.25) is 9.69 Å². The van der Waals surface area contributed by atoms with E-state index in [0.717, 1.165) is 42.1 Å². The highest BCUT2D eigenvalue weighted by atomic mass is 16.5. The molecule has 166 valence electrons. The van der Waals surface area contributed by atoms with Gasteiger partial charge in [0, 0.05) is 39.1 Å². The lowest BCUT2D eigenvalue weighted by atomic mass is 10.1. The first kappa shape index (κ1) is 21.5. The average Bonchev–Trinajstić information content (AvgIpc) is 3.04. The van der Waals surface area contributed by atoms with Crippen LogP contribution in [0.1, 0.15) is 23.7 Å². The Hall–Kier alpha value is -2.77. The van der Waals surface area contributed by atoms with Crippen molar-refractivity contribution in [2.75, 3.05) is 53.0 Å². The van der Waals surface area contributed by atoms with Gasteiger partial charge in [0.2, 0.25) is 5.91 Å². The number of ether oxygens (including phenoxy) is 3. The number of fused-ring (bicyclic) bond motifs is 1. The Labute approximate surface area is 183 Å². The molecule has 2 aliphatic heterocycles. The van der Waals surface area contributed by atoms with E-state index in [1.807, 2.05) is 47.4 Å². The second-order valence-electron chi connectivity index (χ2n) is 7.98. The van der Waals surface area contributed by atoms with Crippen LogP contribution in [0, 0.1) is 0 Å². The van der Waals surface area contributed by atoms with Gasteiger partial charge in [-0.1, -0.05) is 18.2 Å². The van der Waals surface area contributed by atoms with Crippen molar-refractivity contribution in [3.05, 3.63) is 53.6 Å². The predicted molar refractivity (Wildman–Crippen MR) is 117 cm³/mol. The van der Waals surface area contributed by atoms with Crippen LogP contribution < -0.4 is 14.2 Å². The molecule has 1 unspecified atom stereocenters. The lowest BCUT2D eigenvalue weighted by Gasteiger charge is -2.35. The Morgan fingerprint density at radius 3 is 2.61 bits per heavy atom. The van der Waals surface area contributed by atoms with Gasteiger partial charge >= 0.3 is 0 Å². The zero-order valence-corrected chi connectivity index (χ0v) is 18.0. The summed E-state index contributed by atoms with van der Waals surface area (Å²) in [7, 11) is 1.63. The molecule has 7 nitrogen and oxygen atoms in total. The number of benzene rings is 2. The van der Waals surface area contributed by atoms with Gasteiger partial charge in [-0.2, -0.15) is 0 Å². The van der Waals surface area contributed by atoms with Gasteiger partial charge in [0.05, 0.1) is 32.8 Å². The number of β-amino-alcohol motifs (C(OH)–C–C–N with tert-alkyl or cyclic N) is 1. The number of hydrogen-bond donors (Lipinski definition) is 1. The minimum absolute atomic E-state index is 0.122. The second kappa shape index (κ2) is 10.0. The first-order valence-corrected chi connectivity index (χ1v) is 10.8. The Kier molecular flexibility index (Phi) is 6.94. The number of hydrogen-bond acceptors (Lipinski definition) is 6. The third-order valence-corrected chi connectivity index (χ3v) is 5.80. The van der Waals surface area contributed by atoms with E-state index in [1.165, 1.54) is 0 Å². The SMILES string of the molecule is COc1cccc(CC(=O)N2CCN(CC(O)c3ccc4c(c3)OCCCO4)CC2)c1. The van der Waals surface area contributed by atoms with Crippen LogP contribution in [-0.4, -0.2) is 73.9 Å². The van der Waals surface area contributed by atoms with Crippen molar-refractivity contribution in [1.82, 2.24) is 9.80 Å². The molecule has 0 saturated carbocycles. The minimum Gasteiger partial charge on any atom is -0.497 e. The van der Waals surface area contributed by atoms with Crippen LogP contribution in [0.5, 0.6) is 17.2 Å². The van der Waals surface area contributed by atoms with Gasteiger partial charge < -0.3 is 24.2 Å². The van der Waals surface area contributed by atoms with Gasteiger partial charge in [-0.05, 0) is 35.4 Å². The fourth-order valence-electron chi connectivity index (χ4n) is 3.99. The van der Waals surface area contributed by atoms with E-state index in [1.54, 1.807) is 7.11 Å². The number of nitrogens with zero attached hydrogens (tertiary/aromatic N) is 2. The largest absolute Gasteiger partial charge is 0.497 e. The maximum atomic E-state index is 12.7. The average molecular weight is 427 g/mol. The highest BCUT2D eigenvalue weighted by molar-refractivity contribution is 5.79. The van der Waals surface area contributed by atoms with E-state index < -0.39 is 6.10 Å².